The number of anilines is 2. The number of halogens is 1. The number of rotatable bonds is 4. The third-order valence-corrected chi connectivity index (χ3v) is 6.60. The molecule has 0 saturated carbocycles. The second-order valence-electron chi connectivity index (χ2n) is 6.28. The third-order valence-electron chi connectivity index (χ3n) is 4.40. The van der Waals surface area contributed by atoms with Crippen LogP contribution in [0, 0.1) is 0 Å². The van der Waals surface area contributed by atoms with Crippen molar-refractivity contribution >= 4 is 44.9 Å². The van der Waals surface area contributed by atoms with Gasteiger partial charge in [0.15, 0.2) is 0 Å². The molecule has 0 atom stereocenters. The molecule has 9 heteroatoms. The van der Waals surface area contributed by atoms with Crippen LogP contribution in [0.2, 0.25) is 5.02 Å². The predicted molar refractivity (Wildman–Crippen MR) is 108 cm³/mol. The number of carbonyl (C=O) groups excluding carboxylic acids is 2. The Morgan fingerprint density at radius 1 is 1.11 bits per heavy atom. The molecule has 3 rings (SSSR count). The standard InChI is InChI=1S/C19H19ClN2O5S/c1-27-19(24)16-12-14(6-9-17(16)20)21-18(23)13-4-7-15(8-5-13)22-10-2-3-11-28(22,25)26/h4-9,12H,2-3,10-11H2,1H3,(H,21,23). The average Bonchev–Trinajstić information content (AvgIpc) is 2.68. The van der Waals surface area contributed by atoms with Crippen LogP contribution in [-0.2, 0) is 14.8 Å². The lowest BCUT2D eigenvalue weighted by molar-refractivity contribution is 0.0600. The zero-order valence-electron chi connectivity index (χ0n) is 15.1. The van der Waals surface area contributed by atoms with Crippen LogP contribution in [0.5, 0.6) is 0 Å². The van der Waals surface area contributed by atoms with E-state index in [1.165, 1.54) is 23.5 Å². The minimum Gasteiger partial charge on any atom is -0.465 e. The van der Waals surface area contributed by atoms with Crippen molar-refractivity contribution in [3.8, 4) is 0 Å². The number of benzene rings is 2. The summed E-state index contributed by atoms with van der Waals surface area (Å²) in [6.07, 6.45) is 1.47. The van der Waals surface area contributed by atoms with Crippen LogP contribution in [0.3, 0.4) is 0 Å². The lowest BCUT2D eigenvalue weighted by Gasteiger charge is -2.28. The molecule has 7 nitrogen and oxygen atoms in total. The van der Waals surface area contributed by atoms with Crippen molar-refractivity contribution in [3.63, 3.8) is 0 Å². The van der Waals surface area contributed by atoms with E-state index in [1.807, 2.05) is 0 Å². The lowest BCUT2D eigenvalue weighted by atomic mass is 10.1. The van der Waals surface area contributed by atoms with E-state index in [0.717, 1.165) is 6.42 Å². The molecule has 1 heterocycles. The Hall–Kier alpha value is -2.58. The SMILES string of the molecule is COC(=O)c1cc(NC(=O)c2ccc(N3CCCCS3(=O)=O)cc2)ccc1Cl. The van der Waals surface area contributed by atoms with E-state index >= 15 is 0 Å². The number of nitrogens with one attached hydrogen (secondary N) is 1. The highest BCUT2D eigenvalue weighted by atomic mass is 35.5. The van der Waals surface area contributed by atoms with Crippen LogP contribution in [-0.4, -0.2) is 39.7 Å². The molecule has 2 aromatic carbocycles. The number of sulfonamides is 1. The molecule has 0 bridgehead atoms. The fourth-order valence-corrected chi connectivity index (χ4v) is 4.76. The quantitative estimate of drug-likeness (QED) is 0.763. The van der Waals surface area contributed by atoms with Gasteiger partial charge in [-0.2, -0.15) is 0 Å². The second-order valence-corrected chi connectivity index (χ2v) is 8.70. The largest absolute Gasteiger partial charge is 0.465 e. The first-order valence-corrected chi connectivity index (χ1v) is 10.6. The van der Waals surface area contributed by atoms with Gasteiger partial charge in [-0.3, -0.25) is 9.10 Å². The van der Waals surface area contributed by atoms with Gasteiger partial charge in [0.2, 0.25) is 10.0 Å². The van der Waals surface area contributed by atoms with Gasteiger partial charge in [0.05, 0.1) is 29.1 Å². The van der Waals surface area contributed by atoms with Crippen molar-refractivity contribution in [1.82, 2.24) is 0 Å². The van der Waals surface area contributed by atoms with Gasteiger partial charge in [0.25, 0.3) is 5.91 Å². The molecule has 0 unspecified atom stereocenters. The molecule has 0 aromatic heterocycles. The molecule has 28 heavy (non-hydrogen) atoms. The van der Waals surface area contributed by atoms with Crippen molar-refractivity contribution in [2.24, 2.45) is 0 Å². The maximum atomic E-state index is 12.5. The van der Waals surface area contributed by atoms with Crippen molar-refractivity contribution in [3.05, 3.63) is 58.6 Å². The molecule has 0 radical (unpaired) electrons. The molecular formula is C19H19ClN2O5S. The first-order valence-electron chi connectivity index (χ1n) is 8.61. The maximum absolute atomic E-state index is 12.5. The summed E-state index contributed by atoms with van der Waals surface area (Å²) >= 11 is 5.97. The lowest BCUT2D eigenvalue weighted by Crippen LogP contribution is -2.37. The third kappa shape index (κ3) is 4.28. The van der Waals surface area contributed by atoms with Gasteiger partial charge in [-0.25, -0.2) is 13.2 Å². The minimum absolute atomic E-state index is 0.133. The Kier molecular flexibility index (Phi) is 5.90. The minimum atomic E-state index is -3.30. The fraction of sp³-hybridized carbons (Fsp3) is 0.263. The summed E-state index contributed by atoms with van der Waals surface area (Å²) in [7, 11) is -2.06. The second kappa shape index (κ2) is 8.20. The number of amides is 1. The number of carbonyl (C=O) groups is 2. The van der Waals surface area contributed by atoms with Gasteiger partial charge in [-0.1, -0.05) is 11.6 Å². The van der Waals surface area contributed by atoms with Crippen LogP contribution in [0.1, 0.15) is 33.6 Å². The monoisotopic (exact) mass is 422 g/mol. The van der Waals surface area contributed by atoms with Crippen molar-refractivity contribution < 1.29 is 22.7 Å². The van der Waals surface area contributed by atoms with E-state index < -0.39 is 21.9 Å². The molecule has 1 N–H and O–H groups in total. The predicted octanol–water partition coefficient (Wildman–Crippen LogP) is 3.31. The molecule has 0 aliphatic carbocycles. The number of hydrogen-bond acceptors (Lipinski definition) is 5. The summed E-state index contributed by atoms with van der Waals surface area (Å²) in [6, 6.07) is 10.8. The first kappa shape index (κ1) is 20.2. The Balaban J connectivity index is 1.76. The van der Waals surface area contributed by atoms with Crippen molar-refractivity contribution in [2.75, 3.05) is 29.0 Å². The summed E-state index contributed by atoms with van der Waals surface area (Å²) in [6.45, 7) is 0.439. The summed E-state index contributed by atoms with van der Waals surface area (Å²) in [5.41, 5.74) is 1.42. The first-order chi connectivity index (χ1) is 13.3. The van der Waals surface area contributed by atoms with Crippen molar-refractivity contribution in [2.45, 2.75) is 12.8 Å². The van der Waals surface area contributed by atoms with Crippen LogP contribution in [0.4, 0.5) is 11.4 Å². The Bertz CT molecular complexity index is 1010. The Labute approximate surface area is 168 Å². The topological polar surface area (TPSA) is 92.8 Å². The van der Waals surface area contributed by atoms with Gasteiger partial charge < -0.3 is 10.1 Å². The van der Waals surface area contributed by atoms with Gasteiger partial charge in [-0.05, 0) is 55.3 Å². The van der Waals surface area contributed by atoms with E-state index in [4.69, 9.17) is 11.6 Å². The molecule has 1 aliphatic rings. The molecule has 1 saturated heterocycles. The highest BCUT2D eigenvalue weighted by Crippen LogP contribution is 2.25. The number of nitrogens with zero attached hydrogens (tertiary/aromatic N) is 1. The number of ether oxygens (including phenoxy) is 1. The normalized spacial score (nSPS) is 15.7. The van der Waals surface area contributed by atoms with Crippen LogP contribution in [0.25, 0.3) is 0 Å². The summed E-state index contributed by atoms with van der Waals surface area (Å²) in [5, 5.41) is 2.90. The Morgan fingerprint density at radius 3 is 2.46 bits per heavy atom. The molecule has 148 valence electrons. The molecule has 0 spiro atoms. The van der Waals surface area contributed by atoms with Crippen LogP contribution >= 0.6 is 11.6 Å². The van der Waals surface area contributed by atoms with E-state index in [1.54, 1.807) is 30.3 Å². The molecular weight excluding hydrogens is 404 g/mol. The molecule has 2 aromatic rings. The smallest absolute Gasteiger partial charge is 0.339 e. The zero-order valence-corrected chi connectivity index (χ0v) is 16.7. The van der Waals surface area contributed by atoms with Crippen molar-refractivity contribution in [1.29, 1.82) is 0 Å². The molecule has 1 aliphatic heterocycles. The summed E-state index contributed by atoms with van der Waals surface area (Å²) in [5.74, 6) is -0.867. The maximum Gasteiger partial charge on any atom is 0.339 e. The number of hydrogen-bond donors (Lipinski definition) is 1. The average molecular weight is 423 g/mol. The van der Waals surface area contributed by atoms with Gasteiger partial charge in [0, 0.05) is 17.8 Å². The van der Waals surface area contributed by atoms with E-state index in [0.29, 0.717) is 29.9 Å². The molecule has 1 fully saturated rings. The van der Waals surface area contributed by atoms with E-state index in [9.17, 15) is 18.0 Å². The van der Waals surface area contributed by atoms with Gasteiger partial charge >= 0.3 is 5.97 Å². The fourth-order valence-electron chi connectivity index (χ4n) is 2.93. The van der Waals surface area contributed by atoms with Crippen LogP contribution in [0.15, 0.2) is 42.5 Å². The Morgan fingerprint density at radius 2 is 1.82 bits per heavy atom. The van der Waals surface area contributed by atoms with Gasteiger partial charge in [0.1, 0.15) is 0 Å². The molecule has 1 amide bonds. The summed E-state index contributed by atoms with van der Waals surface area (Å²) in [4.78, 5) is 24.2. The summed E-state index contributed by atoms with van der Waals surface area (Å²) < 4.78 is 30.4. The number of methoxy groups -OCH3 is 1. The highest BCUT2D eigenvalue weighted by Gasteiger charge is 2.26. The zero-order chi connectivity index (χ0) is 20.3. The number of esters is 1. The van der Waals surface area contributed by atoms with E-state index in [2.05, 4.69) is 10.1 Å². The van der Waals surface area contributed by atoms with Gasteiger partial charge in [-0.15, -0.1) is 0 Å². The highest BCUT2D eigenvalue weighted by molar-refractivity contribution is 7.92. The van der Waals surface area contributed by atoms with Crippen LogP contribution < -0.4 is 9.62 Å². The van der Waals surface area contributed by atoms with E-state index in [-0.39, 0.29) is 16.3 Å².